The van der Waals surface area contributed by atoms with Gasteiger partial charge in [-0.05, 0) is 32.4 Å². The van der Waals surface area contributed by atoms with Crippen molar-refractivity contribution >= 4 is 0 Å². The average Bonchev–Trinajstić information content (AvgIpc) is 2.69. The topological polar surface area (TPSA) is 24.5 Å². The zero-order chi connectivity index (χ0) is 12.0. The van der Waals surface area contributed by atoms with E-state index in [1.165, 1.54) is 12.8 Å². The molecule has 1 saturated heterocycles. The van der Waals surface area contributed by atoms with Crippen LogP contribution in [0.25, 0.3) is 0 Å². The molecule has 96 valence electrons. The molecule has 0 amide bonds. The lowest BCUT2D eigenvalue weighted by Gasteiger charge is -2.28. The molecule has 3 nitrogen and oxygen atoms in total. The monoisotopic (exact) mass is 228 g/mol. The molecule has 1 fully saturated rings. The van der Waals surface area contributed by atoms with Gasteiger partial charge in [0.05, 0.1) is 6.10 Å². The number of ether oxygens (including phenoxy) is 1. The highest BCUT2D eigenvalue weighted by Crippen LogP contribution is 2.13. The summed E-state index contributed by atoms with van der Waals surface area (Å²) in [6.45, 7) is 11.0. The maximum Gasteiger partial charge on any atom is 0.0702 e. The minimum absolute atomic E-state index is 0.472. The van der Waals surface area contributed by atoms with Crippen molar-refractivity contribution in [2.24, 2.45) is 5.92 Å². The van der Waals surface area contributed by atoms with Gasteiger partial charge in [0.25, 0.3) is 0 Å². The van der Waals surface area contributed by atoms with Gasteiger partial charge in [-0.1, -0.05) is 20.8 Å². The Bertz CT molecular complexity index is 179. The maximum atomic E-state index is 5.66. The maximum absolute atomic E-state index is 5.66. The Morgan fingerprint density at radius 1 is 1.44 bits per heavy atom. The average molecular weight is 228 g/mol. The van der Waals surface area contributed by atoms with E-state index in [1.807, 2.05) is 0 Å². The molecule has 0 aromatic heterocycles. The van der Waals surface area contributed by atoms with Gasteiger partial charge in [-0.15, -0.1) is 0 Å². The smallest absolute Gasteiger partial charge is 0.0702 e. The second-order valence-corrected chi connectivity index (χ2v) is 5.26. The summed E-state index contributed by atoms with van der Waals surface area (Å²) in [5.41, 5.74) is 0. The first kappa shape index (κ1) is 13.9. The van der Waals surface area contributed by atoms with E-state index < -0.39 is 0 Å². The molecule has 1 rings (SSSR count). The largest absolute Gasteiger partial charge is 0.377 e. The summed E-state index contributed by atoms with van der Waals surface area (Å²) >= 11 is 0. The van der Waals surface area contributed by atoms with Crippen LogP contribution in [0.2, 0.25) is 0 Å². The van der Waals surface area contributed by atoms with Crippen molar-refractivity contribution in [2.45, 2.75) is 45.8 Å². The molecular formula is C13H28N2O. The minimum atomic E-state index is 0.472. The summed E-state index contributed by atoms with van der Waals surface area (Å²) in [6.07, 6.45) is 2.94. The Kier molecular flexibility index (Phi) is 6.32. The van der Waals surface area contributed by atoms with Crippen molar-refractivity contribution in [3.8, 4) is 0 Å². The number of rotatable bonds is 7. The van der Waals surface area contributed by atoms with Crippen molar-refractivity contribution in [3.05, 3.63) is 0 Å². The predicted molar refractivity (Wildman–Crippen MR) is 68.8 cm³/mol. The van der Waals surface area contributed by atoms with Gasteiger partial charge in [-0.3, -0.25) is 0 Å². The molecule has 0 radical (unpaired) electrons. The minimum Gasteiger partial charge on any atom is -0.377 e. The molecule has 0 aromatic carbocycles. The molecule has 0 aliphatic carbocycles. The lowest BCUT2D eigenvalue weighted by atomic mass is 10.0. The normalized spacial score (nSPS) is 23.2. The third-order valence-corrected chi connectivity index (χ3v) is 3.32. The van der Waals surface area contributed by atoms with Crippen molar-refractivity contribution < 1.29 is 4.74 Å². The third-order valence-electron chi connectivity index (χ3n) is 3.32. The van der Waals surface area contributed by atoms with Crippen LogP contribution in [-0.2, 0) is 4.74 Å². The summed E-state index contributed by atoms with van der Waals surface area (Å²) in [6, 6.07) is 0.594. The van der Waals surface area contributed by atoms with Gasteiger partial charge in [0, 0.05) is 25.7 Å². The van der Waals surface area contributed by atoms with Gasteiger partial charge >= 0.3 is 0 Å². The van der Waals surface area contributed by atoms with Crippen LogP contribution in [0.15, 0.2) is 0 Å². The summed E-state index contributed by atoms with van der Waals surface area (Å²) < 4.78 is 5.66. The van der Waals surface area contributed by atoms with Gasteiger partial charge in [0.2, 0.25) is 0 Å². The van der Waals surface area contributed by atoms with Gasteiger partial charge < -0.3 is 15.0 Å². The lowest BCUT2D eigenvalue weighted by Crippen LogP contribution is -2.44. The highest BCUT2D eigenvalue weighted by Gasteiger charge is 2.20. The summed E-state index contributed by atoms with van der Waals surface area (Å²) in [4.78, 5) is 2.41. The number of nitrogens with one attached hydrogen (secondary N) is 1. The van der Waals surface area contributed by atoms with E-state index in [0.29, 0.717) is 18.1 Å². The van der Waals surface area contributed by atoms with Crippen LogP contribution in [0, 0.1) is 5.92 Å². The van der Waals surface area contributed by atoms with Crippen molar-refractivity contribution in [3.63, 3.8) is 0 Å². The molecule has 1 N–H and O–H groups in total. The van der Waals surface area contributed by atoms with Crippen LogP contribution in [0.1, 0.15) is 33.6 Å². The number of hydrogen-bond donors (Lipinski definition) is 1. The molecule has 0 spiro atoms. The SMILES string of the molecule is CCNC(CN(C)CC1CCCO1)C(C)C. The zero-order valence-corrected chi connectivity index (χ0v) is 11.3. The fourth-order valence-corrected chi connectivity index (χ4v) is 2.32. The molecule has 0 bridgehead atoms. The quantitative estimate of drug-likeness (QED) is 0.718. The Morgan fingerprint density at radius 2 is 2.19 bits per heavy atom. The Morgan fingerprint density at radius 3 is 2.69 bits per heavy atom. The summed E-state index contributed by atoms with van der Waals surface area (Å²) in [7, 11) is 2.20. The van der Waals surface area contributed by atoms with Crippen LogP contribution in [-0.4, -0.2) is 50.3 Å². The van der Waals surface area contributed by atoms with Crippen molar-refractivity contribution in [1.29, 1.82) is 0 Å². The summed E-state index contributed by atoms with van der Waals surface area (Å²) in [5, 5.41) is 3.56. The van der Waals surface area contributed by atoms with Crippen LogP contribution in [0.5, 0.6) is 0 Å². The van der Waals surface area contributed by atoms with Crippen LogP contribution in [0.3, 0.4) is 0 Å². The van der Waals surface area contributed by atoms with Crippen molar-refractivity contribution in [1.82, 2.24) is 10.2 Å². The van der Waals surface area contributed by atoms with Gasteiger partial charge in [-0.25, -0.2) is 0 Å². The third kappa shape index (κ3) is 4.81. The zero-order valence-electron chi connectivity index (χ0n) is 11.3. The van der Waals surface area contributed by atoms with Gasteiger partial charge in [-0.2, -0.15) is 0 Å². The molecule has 2 unspecified atom stereocenters. The van der Waals surface area contributed by atoms with E-state index in [2.05, 4.69) is 38.0 Å². The molecular weight excluding hydrogens is 200 g/mol. The molecule has 3 heteroatoms. The number of nitrogens with zero attached hydrogens (tertiary/aromatic N) is 1. The highest BCUT2D eigenvalue weighted by molar-refractivity contribution is 4.76. The molecule has 1 aliphatic heterocycles. The second-order valence-electron chi connectivity index (χ2n) is 5.26. The standard InChI is InChI=1S/C13H28N2O/c1-5-14-13(11(2)3)10-15(4)9-12-7-6-8-16-12/h11-14H,5-10H2,1-4H3. The van der Waals surface area contributed by atoms with Gasteiger partial charge in [0.15, 0.2) is 0 Å². The van der Waals surface area contributed by atoms with Crippen LogP contribution < -0.4 is 5.32 Å². The first-order chi connectivity index (χ1) is 7.63. The van der Waals surface area contributed by atoms with Gasteiger partial charge in [0.1, 0.15) is 0 Å². The summed E-state index contributed by atoms with van der Waals surface area (Å²) in [5.74, 6) is 0.687. The molecule has 0 aromatic rings. The molecule has 16 heavy (non-hydrogen) atoms. The fourth-order valence-electron chi connectivity index (χ4n) is 2.32. The molecule has 0 saturated carbocycles. The van der Waals surface area contributed by atoms with E-state index in [0.717, 1.165) is 26.2 Å². The van der Waals surface area contributed by atoms with Crippen molar-refractivity contribution in [2.75, 3.05) is 33.3 Å². The van der Waals surface area contributed by atoms with Crippen LogP contribution in [0.4, 0.5) is 0 Å². The number of likely N-dealkylation sites (N-methyl/N-ethyl adjacent to an activating group) is 2. The predicted octanol–water partition coefficient (Wildman–Crippen LogP) is 1.73. The first-order valence-electron chi connectivity index (χ1n) is 6.67. The molecule has 1 heterocycles. The van der Waals surface area contributed by atoms with E-state index in [9.17, 15) is 0 Å². The molecule has 2 atom stereocenters. The molecule has 1 aliphatic rings. The van der Waals surface area contributed by atoms with E-state index >= 15 is 0 Å². The second kappa shape index (κ2) is 7.25. The van der Waals surface area contributed by atoms with Crippen LogP contribution >= 0.6 is 0 Å². The Balaban J connectivity index is 2.26. The van der Waals surface area contributed by atoms with E-state index in [-0.39, 0.29) is 0 Å². The Hall–Kier alpha value is -0.120. The van der Waals surface area contributed by atoms with E-state index in [4.69, 9.17) is 4.74 Å². The number of hydrogen-bond acceptors (Lipinski definition) is 3. The van der Waals surface area contributed by atoms with E-state index in [1.54, 1.807) is 0 Å². The highest BCUT2D eigenvalue weighted by atomic mass is 16.5. The fraction of sp³-hybridized carbons (Fsp3) is 1.00. The Labute approximate surface area is 101 Å². The first-order valence-corrected chi connectivity index (χ1v) is 6.67. The lowest BCUT2D eigenvalue weighted by molar-refractivity contribution is 0.0766.